The molecule has 0 N–H and O–H groups in total. The van der Waals surface area contributed by atoms with Crippen molar-refractivity contribution in [1.29, 1.82) is 0 Å². The Morgan fingerprint density at radius 3 is 2.09 bits per heavy atom. The van der Waals surface area contributed by atoms with E-state index in [0.717, 1.165) is 32.1 Å². The molecule has 3 nitrogen and oxygen atoms in total. The molecule has 0 aromatic rings. The summed E-state index contributed by atoms with van der Waals surface area (Å²) in [6.45, 7) is 4.51. The molecule has 0 aromatic heterocycles. The van der Waals surface area contributed by atoms with Crippen molar-refractivity contribution in [2.75, 3.05) is 6.61 Å². The average Bonchev–Trinajstić information content (AvgIpc) is 2.53. The molecule has 0 rings (SSSR count). The molecule has 0 radical (unpaired) electrons. The topological polar surface area (TPSA) is 43.4 Å². The van der Waals surface area contributed by atoms with Gasteiger partial charge in [-0.3, -0.25) is 9.59 Å². The maximum atomic E-state index is 11.7. The second kappa shape index (κ2) is 17.2. The fraction of sp³-hybridized carbons (Fsp3) is 0.800. The van der Waals surface area contributed by atoms with Crippen LogP contribution in [0.3, 0.4) is 0 Å². The van der Waals surface area contributed by atoms with Crippen LogP contribution in [0.4, 0.5) is 0 Å². The molecule has 0 saturated carbocycles. The summed E-state index contributed by atoms with van der Waals surface area (Å²) in [6, 6.07) is 0. The number of carbonyl (C=O) groups is 2. The Hall–Kier alpha value is -1.12. The van der Waals surface area contributed by atoms with E-state index in [4.69, 9.17) is 4.74 Å². The van der Waals surface area contributed by atoms with E-state index >= 15 is 0 Å². The first-order valence-electron chi connectivity index (χ1n) is 9.55. The number of unbranched alkanes of at least 4 members (excludes halogenated alkanes) is 9. The molecule has 134 valence electrons. The third-order valence-electron chi connectivity index (χ3n) is 3.89. The number of allylic oxidation sites excluding steroid dienone is 2. The summed E-state index contributed by atoms with van der Waals surface area (Å²) in [4.78, 5) is 22.8. The standard InChI is InChI=1S/C20H36O3/c1-3-5-6-7-8-9-10-13-16-19(21)17-14-11-12-15-18-20(22)23-4-2/h13,16H,3-12,14-15,17-18H2,1-2H3/b16-13+. The van der Waals surface area contributed by atoms with E-state index in [9.17, 15) is 9.59 Å². The van der Waals surface area contributed by atoms with Gasteiger partial charge in [-0.05, 0) is 38.7 Å². The first-order valence-corrected chi connectivity index (χ1v) is 9.55. The van der Waals surface area contributed by atoms with Crippen LogP contribution < -0.4 is 0 Å². The smallest absolute Gasteiger partial charge is 0.305 e. The minimum absolute atomic E-state index is 0.110. The van der Waals surface area contributed by atoms with Gasteiger partial charge in [-0.1, -0.05) is 57.9 Å². The summed E-state index contributed by atoms with van der Waals surface area (Å²) in [5.41, 5.74) is 0. The maximum Gasteiger partial charge on any atom is 0.305 e. The van der Waals surface area contributed by atoms with Gasteiger partial charge >= 0.3 is 5.97 Å². The van der Waals surface area contributed by atoms with Gasteiger partial charge in [-0.15, -0.1) is 0 Å². The number of hydrogen-bond donors (Lipinski definition) is 0. The third kappa shape index (κ3) is 17.1. The fourth-order valence-electron chi connectivity index (χ4n) is 2.50. The van der Waals surface area contributed by atoms with Crippen LogP contribution in [0.5, 0.6) is 0 Å². The summed E-state index contributed by atoms with van der Waals surface area (Å²) >= 11 is 0. The largest absolute Gasteiger partial charge is 0.466 e. The predicted octanol–water partition coefficient (Wildman–Crippen LogP) is 5.77. The lowest BCUT2D eigenvalue weighted by Gasteiger charge is -2.01. The quantitative estimate of drug-likeness (QED) is 0.206. The zero-order valence-electron chi connectivity index (χ0n) is 15.3. The molecule has 0 aromatic carbocycles. The van der Waals surface area contributed by atoms with Gasteiger partial charge in [0.05, 0.1) is 6.61 Å². The van der Waals surface area contributed by atoms with Gasteiger partial charge in [0.2, 0.25) is 0 Å². The van der Waals surface area contributed by atoms with Crippen molar-refractivity contribution in [1.82, 2.24) is 0 Å². The van der Waals surface area contributed by atoms with Crippen LogP contribution in [0.15, 0.2) is 12.2 Å². The summed E-state index contributed by atoms with van der Waals surface area (Å²) < 4.78 is 4.88. The molecule has 0 amide bonds. The monoisotopic (exact) mass is 324 g/mol. The van der Waals surface area contributed by atoms with Crippen LogP contribution >= 0.6 is 0 Å². The molecule has 0 heterocycles. The molecule has 0 fully saturated rings. The summed E-state index contributed by atoms with van der Waals surface area (Å²) in [6.07, 6.45) is 17.5. The van der Waals surface area contributed by atoms with Crippen molar-refractivity contribution in [3.63, 3.8) is 0 Å². The Morgan fingerprint density at radius 1 is 0.783 bits per heavy atom. The van der Waals surface area contributed by atoms with E-state index < -0.39 is 0 Å². The van der Waals surface area contributed by atoms with E-state index in [-0.39, 0.29) is 11.8 Å². The summed E-state index contributed by atoms with van der Waals surface area (Å²) in [5.74, 6) is 0.127. The predicted molar refractivity (Wildman–Crippen MR) is 96.5 cm³/mol. The van der Waals surface area contributed by atoms with E-state index in [2.05, 4.69) is 6.92 Å². The fourth-order valence-corrected chi connectivity index (χ4v) is 2.50. The van der Waals surface area contributed by atoms with E-state index in [0.29, 0.717) is 19.4 Å². The molecule has 0 aliphatic carbocycles. The van der Waals surface area contributed by atoms with Gasteiger partial charge < -0.3 is 4.74 Å². The molecular formula is C20H36O3. The molecule has 0 bridgehead atoms. The lowest BCUT2D eigenvalue weighted by atomic mass is 10.1. The lowest BCUT2D eigenvalue weighted by Crippen LogP contribution is -2.03. The van der Waals surface area contributed by atoms with Crippen molar-refractivity contribution in [3.8, 4) is 0 Å². The van der Waals surface area contributed by atoms with Crippen LogP contribution in [-0.2, 0) is 14.3 Å². The van der Waals surface area contributed by atoms with Crippen LogP contribution in [-0.4, -0.2) is 18.4 Å². The van der Waals surface area contributed by atoms with Gasteiger partial charge in [0.25, 0.3) is 0 Å². The Bertz CT molecular complexity index is 321. The third-order valence-corrected chi connectivity index (χ3v) is 3.89. The summed E-state index contributed by atoms with van der Waals surface area (Å²) in [5, 5.41) is 0. The highest BCUT2D eigenvalue weighted by Crippen LogP contribution is 2.09. The van der Waals surface area contributed by atoms with Crippen molar-refractivity contribution in [2.45, 2.75) is 97.3 Å². The minimum atomic E-state index is -0.110. The Labute approximate surface area is 142 Å². The molecule has 0 aliphatic heterocycles. The average molecular weight is 325 g/mol. The van der Waals surface area contributed by atoms with Crippen LogP contribution in [0.1, 0.15) is 97.3 Å². The SMILES string of the molecule is CCCCCCCC/C=C/C(=O)CCCCCCC(=O)OCC. The van der Waals surface area contributed by atoms with Crippen molar-refractivity contribution >= 4 is 11.8 Å². The Morgan fingerprint density at radius 2 is 1.39 bits per heavy atom. The van der Waals surface area contributed by atoms with E-state index in [1.54, 1.807) is 6.08 Å². The lowest BCUT2D eigenvalue weighted by molar-refractivity contribution is -0.143. The van der Waals surface area contributed by atoms with Gasteiger partial charge in [0.1, 0.15) is 0 Å². The van der Waals surface area contributed by atoms with Crippen molar-refractivity contribution in [2.24, 2.45) is 0 Å². The molecular weight excluding hydrogens is 288 g/mol. The number of ketones is 1. The second-order valence-electron chi connectivity index (χ2n) is 6.14. The van der Waals surface area contributed by atoms with E-state index in [1.165, 1.54) is 38.5 Å². The van der Waals surface area contributed by atoms with Crippen molar-refractivity contribution < 1.29 is 14.3 Å². The number of ether oxygens (including phenoxy) is 1. The van der Waals surface area contributed by atoms with E-state index in [1.807, 2.05) is 13.0 Å². The maximum absolute atomic E-state index is 11.7. The normalized spacial score (nSPS) is 11.0. The first-order chi connectivity index (χ1) is 11.2. The second-order valence-corrected chi connectivity index (χ2v) is 6.14. The molecule has 3 heteroatoms. The zero-order valence-corrected chi connectivity index (χ0v) is 15.3. The number of hydrogen-bond acceptors (Lipinski definition) is 3. The first kappa shape index (κ1) is 21.9. The molecule has 0 aliphatic rings. The summed E-state index contributed by atoms with van der Waals surface area (Å²) in [7, 11) is 0. The van der Waals surface area contributed by atoms with Crippen LogP contribution in [0.25, 0.3) is 0 Å². The highest BCUT2D eigenvalue weighted by Gasteiger charge is 2.01. The van der Waals surface area contributed by atoms with Gasteiger partial charge in [-0.2, -0.15) is 0 Å². The molecule has 0 saturated heterocycles. The van der Waals surface area contributed by atoms with Crippen molar-refractivity contribution in [3.05, 3.63) is 12.2 Å². The highest BCUT2D eigenvalue weighted by molar-refractivity contribution is 5.89. The highest BCUT2D eigenvalue weighted by atomic mass is 16.5. The Kier molecular flexibility index (Phi) is 16.4. The van der Waals surface area contributed by atoms with Gasteiger partial charge in [0.15, 0.2) is 5.78 Å². The molecule has 0 atom stereocenters. The van der Waals surface area contributed by atoms with Gasteiger partial charge in [0, 0.05) is 12.8 Å². The number of esters is 1. The number of rotatable bonds is 16. The Balaban J connectivity index is 3.36. The zero-order chi connectivity index (χ0) is 17.2. The van der Waals surface area contributed by atoms with Crippen LogP contribution in [0, 0.1) is 0 Å². The number of carbonyl (C=O) groups excluding carboxylic acids is 2. The molecule has 0 unspecified atom stereocenters. The molecule has 23 heavy (non-hydrogen) atoms. The molecule has 0 spiro atoms. The minimum Gasteiger partial charge on any atom is -0.466 e. The van der Waals surface area contributed by atoms with Crippen LogP contribution in [0.2, 0.25) is 0 Å². The van der Waals surface area contributed by atoms with Gasteiger partial charge in [-0.25, -0.2) is 0 Å².